The smallest absolute Gasteiger partial charge is 0.350 e. The van der Waals surface area contributed by atoms with Gasteiger partial charge in [-0.25, -0.2) is 9.78 Å². The van der Waals surface area contributed by atoms with E-state index in [0.29, 0.717) is 27.3 Å². The van der Waals surface area contributed by atoms with Gasteiger partial charge in [0, 0.05) is 16.3 Å². The molecule has 3 aromatic rings. The van der Waals surface area contributed by atoms with Gasteiger partial charge >= 0.3 is 5.97 Å². The Bertz CT molecular complexity index is 894. The Kier molecular flexibility index (Phi) is 5.36. The molecule has 0 fully saturated rings. The maximum atomic E-state index is 12.3. The van der Waals surface area contributed by atoms with Gasteiger partial charge < -0.3 is 10.1 Å². The van der Waals surface area contributed by atoms with Crippen molar-refractivity contribution in [1.29, 1.82) is 0 Å². The number of hydrogen-bond acceptors (Lipinski definition) is 5. The van der Waals surface area contributed by atoms with Crippen molar-refractivity contribution in [3.05, 3.63) is 64.0 Å². The zero-order valence-electron chi connectivity index (χ0n) is 13.9. The number of thiazole rings is 1. The van der Waals surface area contributed by atoms with Crippen LogP contribution >= 0.6 is 22.9 Å². The molecular formula is C19H17ClN2O2S. The number of benzene rings is 2. The first-order valence-electron chi connectivity index (χ1n) is 7.85. The standard InChI is InChI=1S/C19H17ClN2O2S/c1-3-24-18(23)17-16(13-7-5-4-6-8-13)22-19(25-17)21-14-10-9-12(2)15(20)11-14/h4-11H,3H2,1-2H3,(H,21,22). The van der Waals surface area contributed by atoms with E-state index in [-0.39, 0.29) is 5.97 Å². The number of hydrogen-bond donors (Lipinski definition) is 1. The van der Waals surface area contributed by atoms with Crippen molar-refractivity contribution in [2.45, 2.75) is 13.8 Å². The minimum absolute atomic E-state index is 0.321. The SMILES string of the molecule is CCOC(=O)c1sc(Nc2ccc(C)c(Cl)c2)nc1-c1ccccc1. The first-order valence-corrected chi connectivity index (χ1v) is 9.04. The van der Waals surface area contributed by atoms with Crippen molar-refractivity contribution in [2.24, 2.45) is 0 Å². The van der Waals surface area contributed by atoms with Crippen molar-refractivity contribution >= 4 is 39.7 Å². The van der Waals surface area contributed by atoms with E-state index in [9.17, 15) is 4.79 Å². The summed E-state index contributed by atoms with van der Waals surface area (Å²) in [5, 5.41) is 4.50. The molecular weight excluding hydrogens is 356 g/mol. The lowest BCUT2D eigenvalue weighted by molar-refractivity contribution is 0.0532. The number of aromatic nitrogens is 1. The first kappa shape index (κ1) is 17.5. The summed E-state index contributed by atoms with van der Waals surface area (Å²) in [4.78, 5) is 17.4. The summed E-state index contributed by atoms with van der Waals surface area (Å²) >= 11 is 7.44. The first-order chi connectivity index (χ1) is 12.1. The molecule has 6 heteroatoms. The highest BCUT2D eigenvalue weighted by Crippen LogP contribution is 2.34. The molecule has 1 aromatic heterocycles. The molecule has 1 N–H and O–H groups in total. The van der Waals surface area contributed by atoms with Crippen LogP contribution in [0.5, 0.6) is 0 Å². The maximum Gasteiger partial charge on any atom is 0.350 e. The van der Waals surface area contributed by atoms with Crippen LogP contribution in [0.4, 0.5) is 10.8 Å². The van der Waals surface area contributed by atoms with Crippen LogP contribution in [0.1, 0.15) is 22.2 Å². The van der Waals surface area contributed by atoms with Crippen LogP contribution in [-0.2, 0) is 4.74 Å². The Labute approximate surface area is 155 Å². The molecule has 0 atom stereocenters. The van der Waals surface area contributed by atoms with Gasteiger partial charge in [-0.3, -0.25) is 0 Å². The minimum atomic E-state index is -0.367. The minimum Gasteiger partial charge on any atom is -0.462 e. The van der Waals surface area contributed by atoms with Crippen molar-refractivity contribution in [3.63, 3.8) is 0 Å². The maximum absolute atomic E-state index is 12.3. The van der Waals surface area contributed by atoms with Crippen LogP contribution in [-0.4, -0.2) is 17.6 Å². The molecule has 0 amide bonds. The second-order valence-corrected chi connectivity index (χ2v) is 6.78. The number of halogens is 1. The van der Waals surface area contributed by atoms with E-state index in [1.807, 2.05) is 55.5 Å². The van der Waals surface area contributed by atoms with E-state index >= 15 is 0 Å². The Balaban J connectivity index is 1.97. The van der Waals surface area contributed by atoms with Crippen molar-refractivity contribution < 1.29 is 9.53 Å². The molecule has 0 aliphatic rings. The summed E-state index contributed by atoms with van der Waals surface area (Å²) in [7, 11) is 0. The zero-order valence-corrected chi connectivity index (χ0v) is 15.4. The van der Waals surface area contributed by atoms with E-state index in [4.69, 9.17) is 16.3 Å². The molecule has 4 nitrogen and oxygen atoms in total. The summed E-state index contributed by atoms with van der Waals surface area (Å²) in [6, 6.07) is 15.3. The third kappa shape index (κ3) is 4.00. The quantitative estimate of drug-likeness (QED) is 0.584. The highest BCUT2D eigenvalue weighted by molar-refractivity contribution is 7.18. The van der Waals surface area contributed by atoms with Crippen LogP contribution in [0, 0.1) is 6.92 Å². The van der Waals surface area contributed by atoms with Crippen LogP contribution in [0.3, 0.4) is 0 Å². The van der Waals surface area contributed by atoms with Gasteiger partial charge in [0.2, 0.25) is 0 Å². The number of nitrogens with zero attached hydrogens (tertiary/aromatic N) is 1. The summed E-state index contributed by atoms with van der Waals surface area (Å²) < 4.78 is 5.17. The van der Waals surface area contributed by atoms with Crippen molar-refractivity contribution in [1.82, 2.24) is 4.98 Å². The number of carbonyl (C=O) groups is 1. The molecule has 0 aliphatic heterocycles. The Morgan fingerprint density at radius 3 is 2.68 bits per heavy atom. The normalized spacial score (nSPS) is 10.5. The van der Waals surface area contributed by atoms with Crippen molar-refractivity contribution in [3.8, 4) is 11.3 Å². The predicted octanol–water partition coefficient (Wildman–Crippen LogP) is 5.69. The van der Waals surface area contributed by atoms with Gasteiger partial charge in [-0.05, 0) is 31.5 Å². The highest BCUT2D eigenvalue weighted by atomic mass is 35.5. The highest BCUT2D eigenvalue weighted by Gasteiger charge is 2.20. The van der Waals surface area contributed by atoms with Crippen LogP contribution in [0.2, 0.25) is 5.02 Å². The van der Waals surface area contributed by atoms with Crippen molar-refractivity contribution in [2.75, 3.05) is 11.9 Å². The molecule has 0 unspecified atom stereocenters. The number of aryl methyl sites for hydroxylation is 1. The number of anilines is 2. The van der Waals surface area contributed by atoms with E-state index in [1.165, 1.54) is 11.3 Å². The largest absolute Gasteiger partial charge is 0.462 e. The summed E-state index contributed by atoms with van der Waals surface area (Å²) in [6.07, 6.45) is 0. The van der Waals surface area contributed by atoms with Gasteiger partial charge in [-0.15, -0.1) is 0 Å². The molecule has 2 aromatic carbocycles. The molecule has 0 spiro atoms. The third-order valence-electron chi connectivity index (χ3n) is 3.56. The second kappa shape index (κ2) is 7.68. The number of esters is 1. The summed E-state index contributed by atoms with van der Waals surface area (Å²) in [6.45, 7) is 4.05. The van der Waals surface area contributed by atoms with Crippen LogP contribution in [0.25, 0.3) is 11.3 Å². The fourth-order valence-corrected chi connectivity index (χ4v) is 3.38. The lowest BCUT2D eigenvalue weighted by Crippen LogP contribution is -2.03. The predicted molar refractivity (Wildman–Crippen MR) is 103 cm³/mol. The lowest BCUT2D eigenvalue weighted by Gasteiger charge is -2.04. The topological polar surface area (TPSA) is 51.2 Å². The number of ether oxygens (including phenoxy) is 1. The molecule has 3 rings (SSSR count). The van der Waals surface area contributed by atoms with Gasteiger partial charge in [0.25, 0.3) is 0 Å². The van der Waals surface area contributed by atoms with Gasteiger partial charge in [-0.2, -0.15) is 0 Å². The molecule has 0 saturated carbocycles. The average molecular weight is 373 g/mol. The number of rotatable bonds is 5. The zero-order chi connectivity index (χ0) is 17.8. The molecule has 0 aliphatic carbocycles. The van der Waals surface area contributed by atoms with E-state index in [1.54, 1.807) is 6.92 Å². The van der Waals surface area contributed by atoms with Gasteiger partial charge in [-0.1, -0.05) is 59.3 Å². The van der Waals surface area contributed by atoms with Gasteiger partial charge in [0.05, 0.1) is 12.3 Å². The van der Waals surface area contributed by atoms with E-state index in [2.05, 4.69) is 10.3 Å². The van der Waals surface area contributed by atoms with Gasteiger partial charge in [0.15, 0.2) is 5.13 Å². The fourth-order valence-electron chi connectivity index (χ4n) is 2.29. The second-order valence-electron chi connectivity index (χ2n) is 5.37. The average Bonchev–Trinajstić information content (AvgIpc) is 3.03. The molecule has 1 heterocycles. The molecule has 0 saturated heterocycles. The molecule has 25 heavy (non-hydrogen) atoms. The molecule has 0 radical (unpaired) electrons. The van der Waals surface area contributed by atoms with Crippen LogP contribution in [0.15, 0.2) is 48.5 Å². The monoisotopic (exact) mass is 372 g/mol. The molecule has 128 valence electrons. The lowest BCUT2D eigenvalue weighted by atomic mass is 10.1. The fraction of sp³-hybridized carbons (Fsp3) is 0.158. The number of nitrogens with one attached hydrogen (secondary N) is 1. The Hall–Kier alpha value is -2.37. The molecule has 0 bridgehead atoms. The summed E-state index contributed by atoms with van der Waals surface area (Å²) in [5.74, 6) is -0.367. The van der Waals surface area contributed by atoms with Gasteiger partial charge in [0.1, 0.15) is 4.88 Å². The van der Waals surface area contributed by atoms with E-state index in [0.717, 1.165) is 16.8 Å². The number of carbonyl (C=O) groups excluding carboxylic acids is 1. The summed E-state index contributed by atoms with van der Waals surface area (Å²) in [5.41, 5.74) is 3.31. The van der Waals surface area contributed by atoms with Crippen LogP contribution < -0.4 is 5.32 Å². The Morgan fingerprint density at radius 1 is 1.24 bits per heavy atom. The van der Waals surface area contributed by atoms with E-state index < -0.39 is 0 Å². The third-order valence-corrected chi connectivity index (χ3v) is 4.92. The Morgan fingerprint density at radius 2 is 2.00 bits per heavy atom.